The van der Waals surface area contributed by atoms with Crippen LogP contribution >= 0.6 is 0 Å². The Morgan fingerprint density at radius 1 is 0.897 bits per heavy atom. The van der Waals surface area contributed by atoms with Gasteiger partial charge in [-0.05, 0) is 54.2 Å². The number of carbonyl (C=O) groups is 1. The number of hydrogen-bond donors (Lipinski definition) is 1. The maximum atomic E-state index is 13.2. The highest BCUT2D eigenvalue weighted by Crippen LogP contribution is 2.28. The Balaban J connectivity index is 1.41. The van der Waals surface area contributed by atoms with E-state index in [1.165, 1.54) is 17.7 Å². The lowest BCUT2D eigenvalue weighted by molar-refractivity contribution is -0.117. The summed E-state index contributed by atoms with van der Waals surface area (Å²) < 4.78 is 13.2. The van der Waals surface area contributed by atoms with Gasteiger partial charge in [0.25, 0.3) is 0 Å². The zero-order valence-electron chi connectivity index (χ0n) is 16.4. The van der Waals surface area contributed by atoms with Gasteiger partial charge in [-0.2, -0.15) is 0 Å². The number of para-hydroxylation sites is 1. The van der Waals surface area contributed by atoms with Crippen molar-refractivity contribution >= 4 is 11.6 Å². The van der Waals surface area contributed by atoms with Crippen molar-refractivity contribution in [2.45, 2.75) is 31.8 Å². The molecule has 29 heavy (non-hydrogen) atoms. The van der Waals surface area contributed by atoms with Crippen LogP contribution < -0.4 is 5.32 Å². The second-order valence-corrected chi connectivity index (χ2v) is 7.63. The molecule has 1 aliphatic rings. The molecule has 1 N–H and O–H groups in total. The van der Waals surface area contributed by atoms with E-state index in [-0.39, 0.29) is 11.7 Å². The van der Waals surface area contributed by atoms with Gasteiger partial charge < -0.3 is 5.32 Å². The molecule has 1 amide bonds. The first-order valence-corrected chi connectivity index (χ1v) is 10.1. The van der Waals surface area contributed by atoms with Gasteiger partial charge >= 0.3 is 0 Å². The third-order valence-electron chi connectivity index (χ3n) is 5.24. The van der Waals surface area contributed by atoms with E-state index in [2.05, 4.69) is 28.4 Å². The van der Waals surface area contributed by atoms with Crippen molar-refractivity contribution < 1.29 is 9.18 Å². The molecule has 0 radical (unpaired) electrons. The van der Waals surface area contributed by atoms with Crippen LogP contribution in [0.4, 0.5) is 10.1 Å². The van der Waals surface area contributed by atoms with Crippen molar-refractivity contribution in [3.05, 3.63) is 101 Å². The highest BCUT2D eigenvalue weighted by molar-refractivity contribution is 5.93. The van der Waals surface area contributed by atoms with E-state index in [1.807, 2.05) is 36.4 Å². The van der Waals surface area contributed by atoms with Crippen LogP contribution in [0.2, 0.25) is 0 Å². The van der Waals surface area contributed by atoms with Crippen LogP contribution in [-0.2, 0) is 17.8 Å². The molecular formula is C25H25FN2O. The van der Waals surface area contributed by atoms with E-state index >= 15 is 0 Å². The summed E-state index contributed by atoms with van der Waals surface area (Å²) in [5, 5.41) is 3.10. The van der Waals surface area contributed by atoms with Crippen LogP contribution in [0.5, 0.6) is 0 Å². The quantitative estimate of drug-likeness (QED) is 0.588. The van der Waals surface area contributed by atoms with Crippen LogP contribution in [-0.4, -0.2) is 23.4 Å². The summed E-state index contributed by atoms with van der Waals surface area (Å²) in [5.74, 6) is -0.251. The van der Waals surface area contributed by atoms with Gasteiger partial charge in [0.15, 0.2) is 0 Å². The SMILES string of the molecule is O=C(CN(Cc1ccc(F)cc1)C1CC1)Nc1ccccc1Cc1ccccc1. The molecule has 3 nitrogen and oxygen atoms in total. The Kier molecular flexibility index (Phi) is 6.01. The largest absolute Gasteiger partial charge is 0.325 e. The number of rotatable bonds is 8. The normalized spacial score (nSPS) is 13.4. The average Bonchev–Trinajstić information content (AvgIpc) is 3.57. The first-order valence-electron chi connectivity index (χ1n) is 10.1. The Hall–Kier alpha value is -2.98. The predicted octanol–water partition coefficient (Wildman–Crippen LogP) is 5.02. The summed E-state index contributed by atoms with van der Waals surface area (Å²) in [5.41, 5.74) is 4.20. The summed E-state index contributed by atoms with van der Waals surface area (Å²) in [6.07, 6.45) is 3.00. The molecule has 4 rings (SSSR count). The molecule has 0 atom stereocenters. The Morgan fingerprint density at radius 3 is 2.31 bits per heavy atom. The molecule has 4 heteroatoms. The topological polar surface area (TPSA) is 32.3 Å². The second-order valence-electron chi connectivity index (χ2n) is 7.63. The molecule has 3 aromatic rings. The van der Waals surface area contributed by atoms with Crippen LogP contribution in [0.15, 0.2) is 78.9 Å². The molecule has 0 saturated heterocycles. The molecule has 0 bridgehead atoms. The molecule has 1 saturated carbocycles. The van der Waals surface area contributed by atoms with Gasteiger partial charge in [0, 0.05) is 18.3 Å². The van der Waals surface area contributed by atoms with E-state index in [0.717, 1.165) is 36.1 Å². The van der Waals surface area contributed by atoms with Crippen molar-refractivity contribution in [3.63, 3.8) is 0 Å². The molecule has 0 aliphatic heterocycles. The molecule has 148 valence electrons. The monoisotopic (exact) mass is 388 g/mol. The van der Waals surface area contributed by atoms with E-state index in [0.29, 0.717) is 19.1 Å². The Labute approximate surface area is 171 Å². The highest BCUT2D eigenvalue weighted by Gasteiger charge is 2.30. The number of halogens is 1. The molecule has 1 fully saturated rings. The number of nitrogens with one attached hydrogen (secondary N) is 1. The van der Waals surface area contributed by atoms with Gasteiger partial charge in [-0.25, -0.2) is 4.39 Å². The fourth-order valence-corrected chi connectivity index (χ4v) is 3.56. The van der Waals surface area contributed by atoms with E-state index in [9.17, 15) is 9.18 Å². The summed E-state index contributed by atoms with van der Waals surface area (Å²) in [6, 6.07) is 25.2. The maximum absolute atomic E-state index is 13.2. The van der Waals surface area contributed by atoms with E-state index in [4.69, 9.17) is 0 Å². The van der Waals surface area contributed by atoms with Gasteiger partial charge in [0.1, 0.15) is 5.82 Å². The average molecular weight is 388 g/mol. The minimum atomic E-state index is -0.237. The maximum Gasteiger partial charge on any atom is 0.238 e. The van der Waals surface area contributed by atoms with E-state index < -0.39 is 0 Å². The van der Waals surface area contributed by atoms with Crippen LogP contribution in [0.1, 0.15) is 29.5 Å². The molecule has 0 aromatic heterocycles. The third-order valence-corrected chi connectivity index (χ3v) is 5.24. The lowest BCUT2D eigenvalue weighted by Gasteiger charge is -2.22. The molecule has 0 spiro atoms. The van der Waals surface area contributed by atoms with Gasteiger partial charge in [-0.3, -0.25) is 9.69 Å². The van der Waals surface area contributed by atoms with Crippen LogP contribution in [0.25, 0.3) is 0 Å². The number of benzene rings is 3. The minimum absolute atomic E-state index is 0.0143. The molecule has 0 unspecified atom stereocenters. The van der Waals surface area contributed by atoms with Gasteiger partial charge in [0.2, 0.25) is 5.91 Å². The molecular weight excluding hydrogens is 363 g/mol. The lowest BCUT2D eigenvalue weighted by atomic mass is 10.0. The number of hydrogen-bond acceptors (Lipinski definition) is 2. The van der Waals surface area contributed by atoms with Crippen LogP contribution in [0.3, 0.4) is 0 Å². The predicted molar refractivity (Wildman–Crippen MR) is 114 cm³/mol. The van der Waals surface area contributed by atoms with Crippen molar-refractivity contribution in [1.29, 1.82) is 0 Å². The van der Waals surface area contributed by atoms with Gasteiger partial charge in [0.05, 0.1) is 6.54 Å². The minimum Gasteiger partial charge on any atom is -0.325 e. The third kappa shape index (κ3) is 5.52. The second kappa shape index (κ2) is 9.01. The fourth-order valence-electron chi connectivity index (χ4n) is 3.56. The zero-order valence-corrected chi connectivity index (χ0v) is 16.4. The van der Waals surface area contributed by atoms with Crippen molar-refractivity contribution in [2.24, 2.45) is 0 Å². The zero-order chi connectivity index (χ0) is 20.1. The summed E-state index contributed by atoms with van der Waals surface area (Å²) in [7, 11) is 0. The first-order chi connectivity index (χ1) is 14.2. The Morgan fingerprint density at radius 2 is 1.59 bits per heavy atom. The highest BCUT2D eigenvalue weighted by atomic mass is 19.1. The summed E-state index contributed by atoms with van der Waals surface area (Å²) >= 11 is 0. The van der Waals surface area contributed by atoms with Crippen molar-refractivity contribution in [2.75, 3.05) is 11.9 Å². The molecule has 1 aliphatic carbocycles. The smallest absolute Gasteiger partial charge is 0.238 e. The first kappa shape index (κ1) is 19.3. The number of carbonyl (C=O) groups excluding carboxylic acids is 1. The lowest BCUT2D eigenvalue weighted by Crippen LogP contribution is -2.34. The summed E-state index contributed by atoms with van der Waals surface area (Å²) in [4.78, 5) is 15.0. The Bertz CT molecular complexity index is 952. The van der Waals surface area contributed by atoms with Crippen molar-refractivity contribution in [1.82, 2.24) is 4.90 Å². The number of amides is 1. The summed E-state index contributed by atoms with van der Waals surface area (Å²) in [6.45, 7) is 0.992. The van der Waals surface area contributed by atoms with E-state index in [1.54, 1.807) is 12.1 Å². The number of anilines is 1. The number of nitrogens with zero attached hydrogens (tertiary/aromatic N) is 1. The molecule has 3 aromatic carbocycles. The van der Waals surface area contributed by atoms with Crippen molar-refractivity contribution in [3.8, 4) is 0 Å². The van der Waals surface area contributed by atoms with Gasteiger partial charge in [-0.1, -0.05) is 60.7 Å². The standard InChI is InChI=1S/C25H25FN2O/c26-22-12-10-20(11-13-22)17-28(23-14-15-23)18-25(29)27-24-9-5-4-8-21(24)16-19-6-2-1-3-7-19/h1-13,23H,14-18H2,(H,27,29). The fraction of sp³-hybridized carbons (Fsp3) is 0.240. The van der Waals surface area contributed by atoms with Gasteiger partial charge in [-0.15, -0.1) is 0 Å². The van der Waals surface area contributed by atoms with Crippen LogP contribution in [0, 0.1) is 5.82 Å². The molecule has 0 heterocycles.